The van der Waals surface area contributed by atoms with Gasteiger partial charge < -0.3 is 34.6 Å². The Morgan fingerprint density at radius 2 is 1.55 bits per heavy atom. The molecule has 7 heterocycles. The number of anilines is 6. The molecule has 3 amide bonds. The maximum Gasteiger partial charge on any atom is 0.255 e. The third-order valence-electron chi connectivity index (χ3n) is 14.9. The number of piperidine rings is 2. The standard InChI is InChI=1S/C51H63BrN13O5P/c1-5-33-28-41(57-51-55-31-38(52)48(59-51)56-40-9-8-39-46(54-15-14-53-39)47(40)71(3,4)69)44(70-2)30-43(33)64-16-12-35(13-17-64)62-24-20-60(21-25-62)18-19-61-22-26-63(27-23-61)36-7-6-34-32-65(50(68)37(34)29-36)42-10-11-45(66)58-49(42)67/h6-9,14-15,28-31,35,42H,5,10-13,16-27,32H2,1-4H3,(H,58,66,67)(H2,55,56,57,59). The lowest BCUT2D eigenvalue weighted by Crippen LogP contribution is -2.55. The van der Waals surface area contributed by atoms with Crippen molar-refractivity contribution in [3.63, 3.8) is 0 Å². The summed E-state index contributed by atoms with van der Waals surface area (Å²) >= 11 is 3.61. The van der Waals surface area contributed by atoms with Crippen LogP contribution in [0.3, 0.4) is 0 Å². The normalized spacial score (nSPS) is 19.9. The Labute approximate surface area is 423 Å². The molecule has 5 aliphatic heterocycles. The van der Waals surface area contributed by atoms with Crippen LogP contribution in [0.2, 0.25) is 0 Å². The molecule has 18 nitrogen and oxygen atoms in total. The van der Waals surface area contributed by atoms with Gasteiger partial charge in [-0.05, 0) is 96.4 Å². The average molecular weight is 1050 g/mol. The van der Waals surface area contributed by atoms with Gasteiger partial charge in [0.05, 0.1) is 33.8 Å². The number of hydrogen-bond donors (Lipinski definition) is 3. The number of rotatable bonds is 14. The first-order valence-corrected chi connectivity index (χ1v) is 28.3. The molecule has 2 aromatic heterocycles. The number of benzene rings is 3. The number of carbonyl (C=O) groups excluding carboxylic acids is 3. The third-order valence-corrected chi connectivity index (χ3v) is 17.0. The van der Waals surface area contributed by atoms with E-state index in [1.54, 1.807) is 43.9 Å². The molecule has 4 saturated heterocycles. The number of hydrogen-bond acceptors (Lipinski definition) is 16. The second kappa shape index (κ2) is 20.8. The quantitative estimate of drug-likeness (QED) is 0.0914. The van der Waals surface area contributed by atoms with Crippen molar-refractivity contribution in [3.8, 4) is 5.75 Å². The summed E-state index contributed by atoms with van der Waals surface area (Å²) in [6.45, 7) is 18.3. The molecule has 0 radical (unpaired) electrons. The van der Waals surface area contributed by atoms with Crippen LogP contribution in [0.25, 0.3) is 11.0 Å². The maximum absolute atomic E-state index is 13.6. The van der Waals surface area contributed by atoms with E-state index in [0.717, 1.165) is 115 Å². The molecule has 3 aromatic carbocycles. The molecule has 10 rings (SSSR count). The van der Waals surface area contributed by atoms with Crippen LogP contribution in [0.5, 0.6) is 5.75 Å². The minimum atomic E-state index is -2.77. The van der Waals surface area contributed by atoms with E-state index < -0.39 is 13.2 Å². The zero-order valence-corrected chi connectivity index (χ0v) is 43.5. The fourth-order valence-corrected chi connectivity index (χ4v) is 12.6. The summed E-state index contributed by atoms with van der Waals surface area (Å²) in [6, 6.07) is 14.1. The highest BCUT2D eigenvalue weighted by Gasteiger charge is 2.39. The lowest BCUT2D eigenvalue weighted by atomic mass is 9.99. The van der Waals surface area contributed by atoms with Crippen molar-refractivity contribution in [1.29, 1.82) is 0 Å². The van der Waals surface area contributed by atoms with Gasteiger partial charge in [0.2, 0.25) is 17.8 Å². The van der Waals surface area contributed by atoms with Crippen LogP contribution in [0, 0.1) is 0 Å². The lowest BCUT2D eigenvalue weighted by molar-refractivity contribution is -0.136. The van der Waals surface area contributed by atoms with Crippen LogP contribution in [-0.2, 0) is 27.1 Å². The summed E-state index contributed by atoms with van der Waals surface area (Å²) in [5.41, 5.74) is 7.79. The summed E-state index contributed by atoms with van der Waals surface area (Å²) in [7, 11) is -1.08. The first-order valence-electron chi connectivity index (χ1n) is 24.9. The zero-order valence-electron chi connectivity index (χ0n) is 41.0. The Morgan fingerprint density at radius 1 is 0.817 bits per heavy atom. The van der Waals surface area contributed by atoms with Crippen LogP contribution in [0.15, 0.2) is 65.5 Å². The van der Waals surface area contributed by atoms with Gasteiger partial charge in [-0.1, -0.05) is 13.0 Å². The number of imide groups is 1. The summed E-state index contributed by atoms with van der Waals surface area (Å²) in [4.78, 5) is 70.3. The van der Waals surface area contributed by atoms with Crippen molar-refractivity contribution >= 4 is 91.6 Å². The molecule has 0 saturated carbocycles. The number of amides is 3. The van der Waals surface area contributed by atoms with Gasteiger partial charge in [0.1, 0.15) is 30.3 Å². The van der Waals surface area contributed by atoms with Gasteiger partial charge in [-0.3, -0.25) is 44.4 Å². The monoisotopic (exact) mass is 1050 g/mol. The number of aryl methyl sites for hydroxylation is 1. The van der Waals surface area contributed by atoms with Gasteiger partial charge in [0, 0.05) is 139 Å². The first kappa shape index (κ1) is 48.9. The van der Waals surface area contributed by atoms with Crippen molar-refractivity contribution in [1.82, 2.24) is 44.9 Å². The molecular formula is C51H63BrN13O5P. The molecule has 20 heteroatoms. The molecule has 71 heavy (non-hydrogen) atoms. The van der Waals surface area contributed by atoms with E-state index in [1.165, 1.54) is 11.3 Å². The molecule has 3 N–H and O–H groups in total. The molecule has 374 valence electrons. The van der Waals surface area contributed by atoms with Gasteiger partial charge in [-0.15, -0.1) is 0 Å². The zero-order chi connectivity index (χ0) is 49.4. The highest BCUT2D eigenvalue weighted by molar-refractivity contribution is 9.10. The molecule has 0 bridgehead atoms. The average Bonchev–Trinajstić information content (AvgIpc) is 3.70. The van der Waals surface area contributed by atoms with Gasteiger partial charge in [-0.2, -0.15) is 4.98 Å². The SMILES string of the molecule is CCc1cc(Nc2ncc(Br)c(Nc3ccc4nccnc4c3P(C)(C)=O)n2)c(OC)cc1N1CCC(N2CCN(CCN3CCN(c4ccc5c(c4)C(=O)N(C4CCC(=O)NC4=O)C5)CC3)CC2)CC1. The molecule has 1 atom stereocenters. The van der Waals surface area contributed by atoms with Gasteiger partial charge in [-0.25, -0.2) is 4.98 Å². The number of piperazine rings is 2. The largest absolute Gasteiger partial charge is 0.494 e. The second-order valence-corrected chi connectivity index (χ2v) is 23.6. The van der Waals surface area contributed by atoms with Gasteiger partial charge in [0.25, 0.3) is 5.91 Å². The molecule has 0 aliphatic carbocycles. The predicted molar refractivity (Wildman–Crippen MR) is 282 cm³/mol. The molecule has 0 spiro atoms. The summed E-state index contributed by atoms with van der Waals surface area (Å²) in [5, 5.41) is 9.82. The highest BCUT2D eigenvalue weighted by atomic mass is 79.9. The van der Waals surface area contributed by atoms with Crippen molar-refractivity contribution in [3.05, 3.63) is 82.2 Å². The molecule has 4 fully saturated rings. The van der Waals surface area contributed by atoms with Crippen LogP contribution in [-0.4, -0.2) is 168 Å². The van der Waals surface area contributed by atoms with E-state index in [-0.39, 0.29) is 24.1 Å². The lowest BCUT2D eigenvalue weighted by Gasteiger charge is -2.44. The van der Waals surface area contributed by atoms with Crippen molar-refractivity contribution in [2.75, 3.05) is 119 Å². The fourth-order valence-electron chi connectivity index (χ4n) is 11.0. The van der Waals surface area contributed by atoms with Crippen LogP contribution >= 0.6 is 23.1 Å². The Kier molecular flexibility index (Phi) is 14.3. The number of methoxy groups -OCH3 is 1. The van der Waals surface area contributed by atoms with E-state index in [1.807, 2.05) is 24.3 Å². The van der Waals surface area contributed by atoms with Gasteiger partial charge >= 0.3 is 0 Å². The predicted octanol–water partition coefficient (Wildman–Crippen LogP) is 5.66. The summed E-state index contributed by atoms with van der Waals surface area (Å²) in [5.74, 6) is 0.838. The Morgan fingerprint density at radius 3 is 2.25 bits per heavy atom. The van der Waals surface area contributed by atoms with E-state index in [0.29, 0.717) is 68.6 Å². The Hall–Kier alpha value is -5.72. The third kappa shape index (κ3) is 10.5. The minimum absolute atomic E-state index is 0.125. The van der Waals surface area contributed by atoms with Crippen molar-refractivity contribution < 1.29 is 23.7 Å². The Balaban J connectivity index is 0.689. The number of ether oxygens (including phenoxy) is 1. The molecule has 1 unspecified atom stereocenters. The van der Waals surface area contributed by atoms with Crippen LogP contribution in [0.4, 0.5) is 34.5 Å². The molecular weight excluding hydrogens is 986 g/mol. The Bertz CT molecular complexity index is 2880. The molecule has 5 aromatic rings. The number of halogens is 1. The first-order chi connectivity index (χ1) is 34.3. The smallest absolute Gasteiger partial charge is 0.255 e. The van der Waals surface area contributed by atoms with Crippen LogP contribution in [0.1, 0.15) is 54.1 Å². The number of carbonyl (C=O) groups is 3. The minimum Gasteiger partial charge on any atom is -0.494 e. The van der Waals surface area contributed by atoms with Crippen molar-refractivity contribution in [2.45, 2.75) is 57.7 Å². The van der Waals surface area contributed by atoms with Crippen LogP contribution < -0.4 is 35.8 Å². The van der Waals surface area contributed by atoms with E-state index in [2.05, 4.69) is 96.5 Å². The number of nitrogens with one attached hydrogen (secondary N) is 3. The summed E-state index contributed by atoms with van der Waals surface area (Å²) in [6.07, 6.45) is 8.65. The topological polar surface area (TPSA) is 185 Å². The number of nitrogens with zero attached hydrogens (tertiary/aromatic N) is 10. The molecule has 5 aliphatic rings. The number of aromatic nitrogens is 4. The second-order valence-electron chi connectivity index (χ2n) is 19.6. The van der Waals surface area contributed by atoms with E-state index >= 15 is 0 Å². The maximum atomic E-state index is 13.6. The van der Waals surface area contributed by atoms with E-state index in [9.17, 15) is 18.9 Å². The fraction of sp³-hybridized carbons (Fsp3) is 0.471. The van der Waals surface area contributed by atoms with Gasteiger partial charge in [0.15, 0.2) is 0 Å². The summed E-state index contributed by atoms with van der Waals surface area (Å²) < 4.78 is 20.2. The van der Waals surface area contributed by atoms with Crippen molar-refractivity contribution in [2.24, 2.45) is 0 Å². The van der Waals surface area contributed by atoms with E-state index in [4.69, 9.17) is 9.72 Å². The highest BCUT2D eigenvalue weighted by Crippen LogP contribution is 2.42. The number of fused-ring (bicyclic) bond motifs is 2.